The molecule has 2 N–H and O–H groups in total. The highest BCUT2D eigenvalue weighted by Crippen LogP contribution is 2.25. The van der Waals surface area contributed by atoms with Crippen molar-refractivity contribution in [2.75, 3.05) is 29.9 Å². The first-order valence-electron chi connectivity index (χ1n) is 11.5. The van der Waals surface area contributed by atoms with E-state index in [1.165, 1.54) is 24.4 Å². The minimum Gasteiger partial charge on any atom is -0.483 e. The SMILES string of the molecule is CCN(CC)c1ccc(/C=N\NC(=O)c2ccc(Cl)cc2)c(OCC(=O)Nc2cccc([N+](=O)[O-])c2)c1. The molecule has 3 rings (SSSR count). The van der Waals surface area contributed by atoms with Gasteiger partial charge in [0.25, 0.3) is 17.5 Å². The molecule has 0 aliphatic rings. The van der Waals surface area contributed by atoms with E-state index in [4.69, 9.17) is 16.3 Å². The van der Waals surface area contributed by atoms with Gasteiger partial charge in [-0.25, -0.2) is 5.43 Å². The number of nitrogens with one attached hydrogen (secondary N) is 2. The third-order valence-corrected chi connectivity index (χ3v) is 5.55. The first kappa shape index (κ1) is 27.2. The number of ether oxygens (including phenoxy) is 1. The summed E-state index contributed by atoms with van der Waals surface area (Å²) < 4.78 is 5.79. The summed E-state index contributed by atoms with van der Waals surface area (Å²) in [5.74, 6) is -0.526. The highest BCUT2D eigenvalue weighted by atomic mass is 35.5. The van der Waals surface area contributed by atoms with Crippen molar-refractivity contribution in [2.45, 2.75) is 13.8 Å². The number of amides is 2. The molecule has 11 heteroatoms. The quantitative estimate of drug-likeness (QED) is 0.210. The number of anilines is 2. The second-order valence-corrected chi connectivity index (χ2v) is 8.18. The van der Waals surface area contributed by atoms with Crippen molar-refractivity contribution in [3.8, 4) is 5.75 Å². The number of rotatable bonds is 11. The standard InChI is InChI=1S/C26H26ClN5O5/c1-3-31(4-2)22-13-10-19(16-28-30-26(34)18-8-11-20(27)12-9-18)24(15-22)37-17-25(33)29-21-6-5-7-23(14-21)32(35)36/h5-16H,3-4,17H2,1-2H3,(H,29,33)(H,30,34)/b28-16-. The van der Waals surface area contributed by atoms with E-state index < -0.39 is 16.7 Å². The minimum atomic E-state index is -0.539. The van der Waals surface area contributed by atoms with Crippen molar-refractivity contribution >= 4 is 46.7 Å². The first-order chi connectivity index (χ1) is 17.8. The molecule has 2 amide bonds. The summed E-state index contributed by atoms with van der Waals surface area (Å²) in [6.07, 6.45) is 1.42. The lowest BCUT2D eigenvalue weighted by molar-refractivity contribution is -0.384. The van der Waals surface area contributed by atoms with Crippen LogP contribution in [0, 0.1) is 10.1 Å². The highest BCUT2D eigenvalue weighted by Gasteiger charge is 2.12. The second kappa shape index (κ2) is 13.0. The Hall–Kier alpha value is -4.44. The largest absolute Gasteiger partial charge is 0.483 e. The number of hydrogen-bond acceptors (Lipinski definition) is 7. The molecule has 3 aromatic rings. The number of non-ortho nitro benzene ring substituents is 1. The maximum atomic E-state index is 12.5. The molecule has 0 aromatic heterocycles. The lowest BCUT2D eigenvalue weighted by atomic mass is 10.1. The normalized spacial score (nSPS) is 10.7. The molecule has 0 aliphatic heterocycles. The third kappa shape index (κ3) is 7.77. The Morgan fingerprint density at radius 3 is 2.49 bits per heavy atom. The lowest BCUT2D eigenvalue weighted by Crippen LogP contribution is -2.23. The molecular weight excluding hydrogens is 498 g/mol. The highest BCUT2D eigenvalue weighted by molar-refractivity contribution is 6.30. The molecule has 0 spiro atoms. The van der Waals surface area contributed by atoms with Gasteiger partial charge in [-0.15, -0.1) is 0 Å². The van der Waals surface area contributed by atoms with Gasteiger partial charge in [-0.3, -0.25) is 19.7 Å². The van der Waals surface area contributed by atoms with Crippen LogP contribution in [0.3, 0.4) is 0 Å². The second-order valence-electron chi connectivity index (χ2n) is 7.74. The van der Waals surface area contributed by atoms with Crippen LogP contribution in [0.1, 0.15) is 29.8 Å². The van der Waals surface area contributed by atoms with Gasteiger partial charge in [0.15, 0.2) is 6.61 Å². The van der Waals surface area contributed by atoms with Crippen LogP contribution in [0.25, 0.3) is 0 Å². The molecule has 0 saturated carbocycles. The van der Waals surface area contributed by atoms with Gasteiger partial charge in [-0.05, 0) is 56.3 Å². The van der Waals surface area contributed by atoms with Gasteiger partial charge in [0.2, 0.25) is 0 Å². The van der Waals surface area contributed by atoms with Crippen LogP contribution in [0.5, 0.6) is 5.75 Å². The average molecular weight is 524 g/mol. The molecule has 192 valence electrons. The third-order valence-electron chi connectivity index (χ3n) is 5.30. The Morgan fingerprint density at radius 2 is 1.81 bits per heavy atom. The molecule has 0 aliphatic carbocycles. The van der Waals surface area contributed by atoms with Crippen molar-refractivity contribution in [1.82, 2.24) is 5.43 Å². The van der Waals surface area contributed by atoms with Gasteiger partial charge in [0, 0.05) is 58.8 Å². The molecule has 37 heavy (non-hydrogen) atoms. The summed E-state index contributed by atoms with van der Waals surface area (Å²) in [7, 11) is 0. The zero-order valence-corrected chi connectivity index (χ0v) is 21.1. The van der Waals surface area contributed by atoms with E-state index in [-0.39, 0.29) is 18.0 Å². The topological polar surface area (TPSA) is 126 Å². The van der Waals surface area contributed by atoms with Crippen LogP contribution in [0.2, 0.25) is 5.02 Å². The number of nitrogens with zero attached hydrogens (tertiary/aromatic N) is 3. The molecule has 0 heterocycles. The number of nitro benzene ring substituents is 1. The summed E-state index contributed by atoms with van der Waals surface area (Å²) >= 11 is 5.86. The fraction of sp³-hybridized carbons (Fsp3) is 0.192. The van der Waals surface area contributed by atoms with Gasteiger partial charge in [-0.1, -0.05) is 17.7 Å². The van der Waals surface area contributed by atoms with Crippen LogP contribution in [-0.4, -0.2) is 42.6 Å². The van der Waals surface area contributed by atoms with E-state index >= 15 is 0 Å². The van der Waals surface area contributed by atoms with E-state index in [9.17, 15) is 19.7 Å². The zero-order chi connectivity index (χ0) is 26.8. The van der Waals surface area contributed by atoms with Gasteiger partial charge >= 0.3 is 0 Å². The Labute approximate surface area is 219 Å². The number of halogens is 1. The number of benzene rings is 3. The van der Waals surface area contributed by atoms with Gasteiger partial charge in [0.1, 0.15) is 5.75 Å². The minimum absolute atomic E-state index is 0.134. The maximum Gasteiger partial charge on any atom is 0.271 e. The number of hydrogen-bond donors (Lipinski definition) is 2. The molecule has 0 fully saturated rings. The fourth-order valence-corrected chi connectivity index (χ4v) is 3.53. The van der Waals surface area contributed by atoms with Crippen molar-refractivity contribution < 1.29 is 19.2 Å². The summed E-state index contributed by atoms with van der Waals surface area (Å²) in [6.45, 7) is 5.25. The number of carbonyl (C=O) groups is 2. The molecule has 0 atom stereocenters. The van der Waals surface area contributed by atoms with Crippen molar-refractivity contribution in [3.05, 3.63) is 93.0 Å². The van der Waals surface area contributed by atoms with E-state index in [2.05, 4.69) is 20.7 Å². The monoisotopic (exact) mass is 523 g/mol. The molecule has 3 aromatic carbocycles. The van der Waals surface area contributed by atoms with Crippen LogP contribution in [0.15, 0.2) is 71.8 Å². The summed E-state index contributed by atoms with van der Waals surface area (Å²) in [5.41, 5.74) is 4.43. The fourth-order valence-electron chi connectivity index (χ4n) is 3.40. The molecule has 0 saturated heterocycles. The van der Waals surface area contributed by atoms with Crippen LogP contribution in [-0.2, 0) is 4.79 Å². The molecule has 0 radical (unpaired) electrons. The van der Waals surface area contributed by atoms with Crippen molar-refractivity contribution in [3.63, 3.8) is 0 Å². The number of nitro groups is 1. The van der Waals surface area contributed by atoms with Gasteiger partial charge < -0.3 is 15.0 Å². The molecule has 10 nitrogen and oxygen atoms in total. The van der Waals surface area contributed by atoms with Crippen LogP contribution in [0.4, 0.5) is 17.1 Å². The van der Waals surface area contributed by atoms with Crippen molar-refractivity contribution in [1.29, 1.82) is 0 Å². The predicted molar refractivity (Wildman–Crippen MR) is 144 cm³/mol. The Kier molecular flexibility index (Phi) is 9.56. The Balaban J connectivity index is 1.73. The van der Waals surface area contributed by atoms with Crippen LogP contribution < -0.4 is 20.4 Å². The summed E-state index contributed by atoms with van der Waals surface area (Å²) in [5, 5.41) is 18.1. The summed E-state index contributed by atoms with van der Waals surface area (Å²) in [4.78, 5) is 37.3. The molecular formula is C26H26ClN5O5. The first-order valence-corrected chi connectivity index (χ1v) is 11.8. The van der Waals surface area contributed by atoms with Gasteiger partial charge in [-0.2, -0.15) is 5.10 Å². The molecule has 0 unspecified atom stereocenters. The number of carbonyl (C=O) groups excluding carboxylic acids is 2. The average Bonchev–Trinajstić information content (AvgIpc) is 2.89. The zero-order valence-electron chi connectivity index (χ0n) is 20.3. The van der Waals surface area contributed by atoms with E-state index in [0.717, 1.165) is 18.8 Å². The van der Waals surface area contributed by atoms with Crippen molar-refractivity contribution in [2.24, 2.45) is 5.10 Å². The predicted octanol–water partition coefficient (Wildman–Crippen LogP) is 4.88. The number of hydrazone groups is 1. The Morgan fingerprint density at radius 1 is 1.08 bits per heavy atom. The summed E-state index contributed by atoms with van der Waals surface area (Å²) in [6, 6.07) is 17.5. The lowest BCUT2D eigenvalue weighted by Gasteiger charge is -2.22. The van der Waals surface area contributed by atoms with E-state index in [0.29, 0.717) is 21.9 Å². The maximum absolute atomic E-state index is 12.5. The molecule has 0 bridgehead atoms. The van der Waals surface area contributed by atoms with E-state index in [1.54, 1.807) is 42.5 Å². The van der Waals surface area contributed by atoms with Gasteiger partial charge in [0.05, 0.1) is 11.1 Å². The van der Waals surface area contributed by atoms with E-state index in [1.807, 2.05) is 19.9 Å². The van der Waals surface area contributed by atoms with Crippen LogP contribution >= 0.6 is 11.6 Å². The Bertz CT molecular complexity index is 1290. The smallest absolute Gasteiger partial charge is 0.271 e.